The van der Waals surface area contributed by atoms with Crippen molar-refractivity contribution in [2.75, 3.05) is 12.4 Å². The lowest BCUT2D eigenvalue weighted by atomic mass is 9.95. The number of aliphatic imine (C=N–C) groups is 2. The van der Waals surface area contributed by atoms with E-state index >= 15 is 0 Å². The van der Waals surface area contributed by atoms with Crippen LogP contribution in [0.3, 0.4) is 0 Å². The minimum Gasteiger partial charge on any atom is -0.497 e. The van der Waals surface area contributed by atoms with Crippen LogP contribution in [0.1, 0.15) is 57.4 Å². The van der Waals surface area contributed by atoms with Gasteiger partial charge in [0.1, 0.15) is 17.6 Å². The maximum absolute atomic E-state index is 13.6. The number of anilines is 1. The number of benzene rings is 2. The summed E-state index contributed by atoms with van der Waals surface area (Å²) < 4.78 is 5.26. The van der Waals surface area contributed by atoms with E-state index in [-0.39, 0.29) is 30.2 Å². The smallest absolute Gasteiger partial charge is 0.259 e. The molecule has 5 rings (SSSR count). The van der Waals surface area contributed by atoms with Crippen LogP contribution in [0.4, 0.5) is 11.4 Å². The highest BCUT2D eigenvalue weighted by Crippen LogP contribution is 2.36. The first kappa shape index (κ1) is 26.9. The molecule has 9 nitrogen and oxygen atoms in total. The van der Waals surface area contributed by atoms with Gasteiger partial charge in [-0.2, -0.15) is 0 Å². The van der Waals surface area contributed by atoms with Gasteiger partial charge in [0.15, 0.2) is 5.17 Å². The van der Waals surface area contributed by atoms with Gasteiger partial charge in [0.05, 0.1) is 24.5 Å². The van der Waals surface area contributed by atoms with E-state index in [4.69, 9.17) is 14.7 Å². The summed E-state index contributed by atoms with van der Waals surface area (Å²) in [6, 6.07) is 14.0. The zero-order valence-electron chi connectivity index (χ0n) is 22.2. The van der Waals surface area contributed by atoms with Crippen molar-refractivity contribution in [3.8, 4) is 5.75 Å². The van der Waals surface area contributed by atoms with Crippen molar-refractivity contribution in [3.63, 3.8) is 0 Å². The van der Waals surface area contributed by atoms with E-state index in [1.54, 1.807) is 25.3 Å². The third-order valence-electron chi connectivity index (χ3n) is 7.14. The van der Waals surface area contributed by atoms with Crippen molar-refractivity contribution in [2.45, 2.75) is 69.2 Å². The lowest BCUT2D eigenvalue weighted by molar-refractivity contribution is -0.129. The number of ether oxygens (including phenoxy) is 1. The Balaban J connectivity index is 1.34. The maximum Gasteiger partial charge on any atom is 0.259 e. The molecule has 0 radical (unpaired) electrons. The molecule has 1 aliphatic carbocycles. The fourth-order valence-electron chi connectivity index (χ4n) is 5.10. The summed E-state index contributed by atoms with van der Waals surface area (Å²) in [6.45, 7) is 1.92. The second kappa shape index (κ2) is 12.0. The topological polar surface area (TPSA) is 112 Å². The van der Waals surface area contributed by atoms with Crippen molar-refractivity contribution in [3.05, 3.63) is 54.1 Å². The van der Waals surface area contributed by atoms with Crippen LogP contribution in [0.25, 0.3) is 0 Å². The Hall–Kier alpha value is -3.66. The highest BCUT2D eigenvalue weighted by Gasteiger charge is 2.43. The van der Waals surface area contributed by atoms with Gasteiger partial charge in [0, 0.05) is 23.4 Å². The Morgan fingerprint density at radius 2 is 1.92 bits per heavy atom. The van der Waals surface area contributed by atoms with E-state index in [2.05, 4.69) is 10.6 Å². The number of thioether (sulfide) groups is 1. The molecular weight excluding hydrogens is 514 g/mol. The Kier molecular flexibility index (Phi) is 8.30. The van der Waals surface area contributed by atoms with Gasteiger partial charge in [-0.25, -0.2) is 9.89 Å². The van der Waals surface area contributed by atoms with Crippen molar-refractivity contribution in [2.24, 2.45) is 9.98 Å². The quantitative estimate of drug-likeness (QED) is 0.500. The van der Waals surface area contributed by atoms with Crippen LogP contribution >= 0.6 is 11.8 Å². The number of fused-ring (bicyclic) bond motifs is 3. The predicted octanol–water partition coefficient (Wildman–Crippen LogP) is 4.64. The highest BCUT2D eigenvalue weighted by molar-refractivity contribution is 8.15. The molecule has 2 heterocycles. The van der Waals surface area contributed by atoms with Gasteiger partial charge in [-0.1, -0.05) is 56.1 Å². The number of methoxy groups -OCH3 is 1. The maximum atomic E-state index is 13.6. The van der Waals surface area contributed by atoms with Crippen LogP contribution in [-0.2, 0) is 14.4 Å². The van der Waals surface area contributed by atoms with Gasteiger partial charge >= 0.3 is 0 Å². The lowest BCUT2D eigenvalue weighted by Crippen LogP contribution is -2.44. The van der Waals surface area contributed by atoms with E-state index < -0.39 is 11.3 Å². The molecule has 0 aromatic heterocycles. The largest absolute Gasteiger partial charge is 0.497 e. The molecule has 204 valence electrons. The lowest BCUT2D eigenvalue weighted by Gasteiger charge is -2.27. The second-order valence-corrected chi connectivity index (χ2v) is 11.1. The first-order valence-electron chi connectivity index (χ1n) is 13.5. The van der Waals surface area contributed by atoms with E-state index in [1.807, 2.05) is 37.3 Å². The average molecular weight is 548 g/mol. The second-order valence-electron chi connectivity index (χ2n) is 9.90. The SMILES string of the molecule is CC[C@H](SC1=Nc2ccccc2C2=N[C@@H](CC(=O)NC3CCCCC3)C(=O)N12)C(=O)Nc1cccc(OC)c1. The number of rotatable bonds is 8. The molecule has 1 saturated carbocycles. The Bertz CT molecular complexity index is 1320. The molecule has 0 bridgehead atoms. The van der Waals surface area contributed by atoms with Crippen LogP contribution in [0.15, 0.2) is 58.5 Å². The number of amides is 3. The van der Waals surface area contributed by atoms with Crippen LogP contribution < -0.4 is 15.4 Å². The van der Waals surface area contributed by atoms with Gasteiger partial charge in [0.2, 0.25) is 11.8 Å². The Labute approximate surface area is 232 Å². The fourth-order valence-corrected chi connectivity index (χ4v) is 6.12. The van der Waals surface area contributed by atoms with Crippen LogP contribution in [0.2, 0.25) is 0 Å². The third kappa shape index (κ3) is 6.00. The van der Waals surface area contributed by atoms with Gasteiger partial charge in [-0.15, -0.1) is 0 Å². The molecule has 3 amide bonds. The third-order valence-corrected chi connectivity index (χ3v) is 8.46. The number of para-hydroxylation sites is 1. The predicted molar refractivity (Wildman–Crippen MR) is 154 cm³/mol. The summed E-state index contributed by atoms with van der Waals surface area (Å²) in [6.07, 6.45) is 5.88. The molecule has 1 fully saturated rings. The highest BCUT2D eigenvalue weighted by atomic mass is 32.2. The van der Waals surface area contributed by atoms with Crippen LogP contribution in [0.5, 0.6) is 5.75 Å². The first-order chi connectivity index (χ1) is 19.0. The molecule has 0 saturated heterocycles. The summed E-state index contributed by atoms with van der Waals surface area (Å²) in [7, 11) is 1.57. The zero-order chi connectivity index (χ0) is 27.4. The molecule has 0 spiro atoms. The molecule has 10 heteroatoms. The molecule has 3 aliphatic rings. The summed E-state index contributed by atoms with van der Waals surface area (Å²) >= 11 is 1.23. The summed E-state index contributed by atoms with van der Waals surface area (Å²) in [4.78, 5) is 50.6. The van der Waals surface area contributed by atoms with Gasteiger partial charge in [-0.05, 0) is 43.5 Å². The number of nitrogens with zero attached hydrogens (tertiary/aromatic N) is 3. The Morgan fingerprint density at radius 1 is 1.13 bits per heavy atom. The van der Waals surface area contributed by atoms with Crippen molar-refractivity contribution < 1.29 is 19.1 Å². The number of nitrogens with one attached hydrogen (secondary N) is 2. The van der Waals surface area contributed by atoms with Crippen molar-refractivity contribution in [1.82, 2.24) is 10.2 Å². The summed E-state index contributed by atoms with van der Waals surface area (Å²) in [5.41, 5.74) is 2.04. The van der Waals surface area contributed by atoms with E-state index in [1.165, 1.54) is 23.1 Å². The summed E-state index contributed by atoms with van der Waals surface area (Å²) in [5.74, 6) is 0.460. The van der Waals surface area contributed by atoms with Crippen LogP contribution in [0, 0.1) is 0 Å². The average Bonchev–Trinajstić information content (AvgIpc) is 3.28. The number of hydrogen-bond donors (Lipinski definition) is 2. The molecule has 2 aromatic carbocycles. The van der Waals surface area contributed by atoms with E-state index in [9.17, 15) is 14.4 Å². The number of carbonyl (C=O) groups is 3. The van der Waals surface area contributed by atoms with Gasteiger partial charge < -0.3 is 15.4 Å². The molecule has 39 heavy (non-hydrogen) atoms. The molecule has 2 aromatic rings. The van der Waals surface area contributed by atoms with E-state index in [0.717, 1.165) is 31.2 Å². The number of hydrogen-bond acceptors (Lipinski definition) is 7. The molecule has 2 atom stereocenters. The number of carbonyl (C=O) groups excluding carboxylic acids is 3. The molecule has 2 aliphatic heterocycles. The van der Waals surface area contributed by atoms with Gasteiger partial charge in [0.25, 0.3) is 5.91 Å². The Morgan fingerprint density at radius 3 is 2.69 bits per heavy atom. The minimum atomic E-state index is -0.828. The molecular formula is C29H33N5O4S. The van der Waals surface area contributed by atoms with Crippen molar-refractivity contribution in [1.29, 1.82) is 0 Å². The molecule has 2 N–H and O–H groups in total. The van der Waals surface area contributed by atoms with Crippen molar-refractivity contribution >= 4 is 51.9 Å². The van der Waals surface area contributed by atoms with Crippen LogP contribution in [-0.4, -0.2) is 58.1 Å². The summed E-state index contributed by atoms with van der Waals surface area (Å²) in [5, 5.41) is 5.91. The molecule has 0 unspecified atom stereocenters. The normalized spacial score (nSPS) is 19.4. The first-order valence-corrected chi connectivity index (χ1v) is 14.4. The fraction of sp³-hybridized carbons (Fsp3) is 0.414. The number of amidine groups is 2. The monoisotopic (exact) mass is 547 g/mol. The van der Waals surface area contributed by atoms with E-state index in [0.29, 0.717) is 34.5 Å². The minimum absolute atomic E-state index is 0.0109. The van der Waals surface area contributed by atoms with Gasteiger partial charge in [-0.3, -0.25) is 19.4 Å². The standard InChI is InChI=1S/C29H33N5O4S/c1-3-24(27(36)31-19-12-9-13-20(16-19)38-2)39-29-33-22-15-8-7-14-21(22)26-32-23(28(37)34(26)29)17-25(35)30-18-10-5-4-6-11-18/h7-9,12-16,18,23-24H,3-6,10-11,17H2,1-2H3,(H,30,35)(H,31,36)/t23-,24-/m0/s1. The zero-order valence-corrected chi connectivity index (χ0v) is 23.0.